The molecular formula is C15H21NO4. The molecule has 1 aromatic rings. The van der Waals surface area contributed by atoms with Crippen molar-refractivity contribution in [3.05, 3.63) is 35.9 Å². The highest BCUT2D eigenvalue weighted by atomic mass is 16.6. The Morgan fingerprint density at radius 1 is 1.25 bits per heavy atom. The summed E-state index contributed by atoms with van der Waals surface area (Å²) in [7, 11) is 0. The van der Waals surface area contributed by atoms with Gasteiger partial charge in [0, 0.05) is 6.54 Å². The number of rotatable bonds is 4. The first kappa shape index (κ1) is 16.0. The third-order valence-electron chi connectivity index (χ3n) is 2.63. The lowest BCUT2D eigenvalue weighted by molar-refractivity contribution is -0.143. The molecule has 110 valence electrons. The van der Waals surface area contributed by atoms with Crippen molar-refractivity contribution in [2.24, 2.45) is 0 Å². The van der Waals surface area contributed by atoms with Gasteiger partial charge in [-0.05, 0) is 33.3 Å². The van der Waals surface area contributed by atoms with Crippen molar-refractivity contribution in [3.8, 4) is 0 Å². The predicted octanol–water partition coefficient (Wildman–Crippen LogP) is 3.07. The summed E-state index contributed by atoms with van der Waals surface area (Å²) in [6, 6.07) is 7.61. The molecule has 1 unspecified atom stereocenters. The fraction of sp³-hybridized carbons (Fsp3) is 0.467. The van der Waals surface area contributed by atoms with Crippen molar-refractivity contribution in [1.29, 1.82) is 0 Å². The minimum Gasteiger partial charge on any atom is -0.479 e. The number of carbonyl (C=O) groups is 2. The van der Waals surface area contributed by atoms with Gasteiger partial charge in [0.05, 0.1) is 0 Å². The number of carboxylic acids is 1. The van der Waals surface area contributed by atoms with Crippen molar-refractivity contribution < 1.29 is 19.4 Å². The zero-order valence-electron chi connectivity index (χ0n) is 12.3. The molecule has 1 aromatic carbocycles. The van der Waals surface area contributed by atoms with Crippen molar-refractivity contribution >= 4 is 12.1 Å². The quantitative estimate of drug-likeness (QED) is 0.919. The van der Waals surface area contributed by atoms with E-state index in [0.29, 0.717) is 5.56 Å². The molecular weight excluding hydrogens is 258 g/mol. The molecule has 0 aliphatic rings. The van der Waals surface area contributed by atoms with Crippen molar-refractivity contribution in [1.82, 2.24) is 4.90 Å². The second kappa shape index (κ2) is 6.41. The molecule has 5 nitrogen and oxygen atoms in total. The number of likely N-dealkylation sites (N-methyl/N-ethyl adjacent to an activating group) is 1. The molecule has 0 fully saturated rings. The van der Waals surface area contributed by atoms with Gasteiger partial charge in [-0.25, -0.2) is 9.59 Å². The van der Waals surface area contributed by atoms with E-state index in [0.717, 1.165) is 0 Å². The zero-order valence-corrected chi connectivity index (χ0v) is 12.3. The molecule has 0 aliphatic carbocycles. The minimum atomic E-state index is -1.08. The van der Waals surface area contributed by atoms with E-state index in [1.165, 1.54) is 4.90 Å². The lowest BCUT2D eigenvalue weighted by Crippen LogP contribution is -2.42. The second-order valence-electron chi connectivity index (χ2n) is 5.42. The van der Waals surface area contributed by atoms with Crippen molar-refractivity contribution in [3.63, 3.8) is 0 Å². The maximum absolute atomic E-state index is 12.1. The van der Waals surface area contributed by atoms with Crippen LogP contribution in [0.4, 0.5) is 4.79 Å². The summed E-state index contributed by atoms with van der Waals surface area (Å²) in [5.74, 6) is -1.08. The van der Waals surface area contributed by atoms with Gasteiger partial charge in [-0.15, -0.1) is 0 Å². The molecule has 1 rings (SSSR count). The third kappa shape index (κ3) is 4.26. The number of ether oxygens (including phenoxy) is 1. The molecule has 0 heterocycles. The van der Waals surface area contributed by atoms with E-state index >= 15 is 0 Å². The Bertz CT molecular complexity index is 465. The number of aliphatic carboxylic acids is 1. The van der Waals surface area contributed by atoms with Crippen LogP contribution in [-0.4, -0.2) is 34.2 Å². The number of carbonyl (C=O) groups excluding carboxylic acids is 1. The SMILES string of the molecule is CCN(C(=O)OC(C)(C)C)C(C(=O)O)c1ccccc1. The topological polar surface area (TPSA) is 66.8 Å². The Labute approximate surface area is 119 Å². The number of hydrogen-bond acceptors (Lipinski definition) is 3. The Kier molecular flexibility index (Phi) is 5.13. The maximum Gasteiger partial charge on any atom is 0.411 e. The first-order valence-electron chi connectivity index (χ1n) is 6.53. The van der Waals surface area contributed by atoms with Crippen LogP contribution in [0.1, 0.15) is 39.3 Å². The van der Waals surface area contributed by atoms with Crippen molar-refractivity contribution in [2.75, 3.05) is 6.54 Å². The van der Waals surface area contributed by atoms with Crippen molar-refractivity contribution in [2.45, 2.75) is 39.3 Å². The molecule has 0 saturated heterocycles. The smallest absolute Gasteiger partial charge is 0.411 e. The first-order valence-corrected chi connectivity index (χ1v) is 6.53. The summed E-state index contributed by atoms with van der Waals surface area (Å²) >= 11 is 0. The molecule has 0 saturated carbocycles. The van der Waals surface area contributed by atoms with Gasteiger partial charge in [0.2, 0.25) is 0 Å². The first-order chi connectivity index (χ1) is 9.26. The summed E-state index contributed by atoms with van der Waals surface area (Å²) in [6.07, 6.45) is -0.628. The molecule has 1 atom stereocenters. The van der Waals surface area contributed by atoms with Gasteiger partial charge < -0.3 is 9.84 Å². The van der Waals surface area contributed by atoms with E-state index in [-0.39, 0.29) is 6.54 Å². The Balaban J connectivity index is 3.05. The fourth-order valence-electron chi connectivity index (χ4n) is 1.83. The average Bonchev–Trinajstić information content (AvgIpc) is 2.33. The molecule has 1 amide bonds. The van der Waals surface area contributed by atoms with Gasteiger partial charge in [0.25, 0.3) is 0 Å². The molecule has 0 bridgehead atoms. The summed E-state index contributed by atoms with van der Waals surface area (Å²) in [5, 5.41) is 9.43. The maximum atomic E-state index is 12.1. The monoisotopic (exact) mass is 279 g/mol. The van der Waals surface area contributed by atoms with Crippen LogP contribution in [-0.2, 0) is 9.53 Å². The van der Waals surface area contributed by atoms with E-state index in [2.05, 4.69) is 0 Å². The molecule has 0 aliphatic heterocycles. The molecule has 5 heteroatoms. The molecule has 0 aromatic heterocycles. The van der Waals surface area contributed by atoms with Crippen LogP contribution in [0.15, 0.2) is 30.3 Å². The van der Waals surface area contributed by atoms with Crippen LogP contribution in [0.2, 0.25) is 0 Å². The van der Waals surface area contributed by atoms with Gasteiger partial charge in [-0.2, -0.15) is 0 Å². The van der Waals surface area contributed by atoms with Crippen LogP contribution in [0, 0.1) is 0 Å². The summed E-state index contributed by atoms with van der Waals surface area (Å²) < 4.78 is 5.27. The van der Waals surface area contributed by atoms with Gasteiger partial charge in [0.15, 0.2) is 6.04 Å². The Hall–Kier alpha value is -2.04. The molecule has 0 radical (unpaired) electrons. The van der Waals surface area contributed by atoms with Gasteiger partial charge >= 0.3 is 12.1 Å². The largest absolute Gasteiger partial charge is 0.479 e. The Morgan fingerprint density at radius 2 is 1.80 bits per heavy atom. The highest BCUT2D eigenvalue weighted by Crippen LogP contribution is 2.23. The fourth-order valence-corrected chi connectivity index (χ4v) is 1.83. The number of benzene rings is 1. The highest BCUT2D eigenvalue weighted by Gasteiger charge is 2.32. The zero-order chi connectivity index (χ0) is 15.3. The lowest BCUT2D eigenvalue weighted by Gasteiger charge is -2.30. The molecule has 20 heavy (non-hydrogen) atoms. The summed E-state index contributed by atoms with van der Waals surface area (Å²) in [4.78, 5) is 24.9. The van der Waals surface area contributed by atoms with Crippen LogP contribution < -0.4 is 0 Å². The molecule has 1 N–H and O–H groups in total. The number of nitrogens with zero attached hydrogens (tertiary/aromatic N) is 1. The summed E-state index contributed by atoms with van der Waals surface area (Å²) in [6.45, 7) is 7.22. The third-order valence-corrected chi connectivity index (χ3v) is 2.63. The lowest BCUT2D eigenvalue weighted by atomic mass is 10.1. The number of hydrogen-bond donors (Lipinski definition) is 1. The number of amides is 1. The standard InChI is InChI=1S/C15H21NO4/c1-5-16(14(19)20-15(2,3)4)12(13(17)18)11-9-7-6-8-10-11/h6-10,12H,5H2,1-4H3,(H,17,18). The molecule has 0 spiro atoms. The van der Waals surface area contributed by atoms with Crippen LogP contribution in [0.3, 0.4) is 0 Å². The average molecular weight is 279 g/mol. The van der Waals surface area contributed by atoms with E-state index in [4.69, 9.17) is 4.74 Å². The van der Waals surface area contributed by atoms with Crippen LogP contribution in [0.25, 0.3) is 0 Å². The predicted molar refractivity (Wildman–Crippen MR) is 75.4 cm³/mol. The highest BCUT2D eigenvalue weighted by molar-refractivity contribution is 5.81. The second-order valence-corrected chi connectivity index (χ2v) is 5.42. The van der Waals surface area contributed by atoms with Gasteiger partial charge in [-0.1, -0.05) is 30.3 Å². The Morgan fingerprint density at radius 3 is 2.20 bits per heavy atom. The van der Waals surface area contributed by atoms with Gasteiger partial charge in [0.1, 0.15) is 5.60 Å². The van der Waals surface area contributed by atoms with E-state index in [9.17, 15) is 14.7 Å². The van der Waals surface area contributed by atoms with Gasteiger partial charge in [-0.3, -0.25) is 4.90 Å². The summed E-state index contributed by atoms with van der Waals surface area (Å²) in [5.41, 5.74) is -0.114. The van der Waals surface area contributed by atoms with E-state index in [1.807, 2.05) is 0 Å². The van der Waals surface area contributed by atoms with Crippen LogP contribution >= 0.6 is 0 Å². The van der Waals surface area contributed by atoms with Crippen LogP contribution in [0.5, 0.6) is 0 Å². The number of carboxylic acid groups (broad SMARTS) is 1. The normalized spacial score (nSPS) is 12.6. The van der Waals surface area contributed by atoms with E-state index in [1.54, 1.807) is 58.0 Å². The minimum absolute atomic E-state index is 0.251. The van der Waals surface area contributed by atoms with E-state index < -0.39 is 23.7 Å².